The molecule has 0 amide bonds. The van der Waals surface area contributed by atoms with Gasteiger partial charge < -0.3 is 15.2 Å². The minimum absolute atomic E-state index is 0.0428. The zero-order chi connectivity index (χ0) is 12.7. The lowest BCUT2D eigenvalue weighted by Crippen LogP contribution is -2.13. The Balaban J connectivity index is 2.70. The molecule has 0 spiro atoms. The van der Waals surface area contributed by atoms with E-state index in [0.717, 1.165) is 0 Å². The topological polar surface area (TPSA) is 88.5 Å². The van der Waals surface area contributed by atoms with Crippen molar-refractivity contribution in [3.63, 3.8) is 0 Å². The van der Waals surface area contributed by atoms with Crippen molar-refractivity contribution in [2.45, 2.75) is 13.3 Å². The molecule has 0 aliphatic heterocycles. The summed E-state index contributed by atoms with van der Waals surface area (Å²) in [5.41, 5.74) is 0.305. The van der Waals surface area contributed by atoms with Crippen LogP contribution in [0.3, 0.4) is 0 Å². The number of carboxylic acid groups (broad SMARTS) is 1. The molecule has 0 aromatic carbocycles. The molecule has 0 saturated carbocycles. The van der Waals surface area contributed by atoms with Crippen LogP contribution in [0.15, 0.2) is 18.3 Å². The first-order valence-electron chi connectivity index (χ1n) is 5.23. The van der Waals surface area contributed by atoms with E-state index < -0.39 is 11.9 Å². The van der Waals surface area contributed by atoms with Crippen LogP contribution in [0, 0.1) is 0 Å². The normalized spacial score (nSPS) is 9.71. The fraction of sp³-hybridized carbons (Fsp3) is 0.364. The van der Waals surface area contributed by atoms with Crippen molar-refractivity contribution < 1.29 is 19.4 Å². The number of carbonyl (C=O) groups is 2. The summed E-state index contributed by atoms with van der Waals surface area (Å²) in [6.07, 6.45) is 1.48. The van der Waals surface area contributed by atoms with Crippen molar-refractivity contribution in [3.05, 3.63) is 23.9 Å². The molecule has 0 aliphatic carbocycles. The maximum atomic E-state index is 11.5. The van der Waals surface area contributed by atoms with Gasteiger partial charge in [-0.3, -0.25) is 4.79 Å². The van der Waals surface area contributed by atoms with E-state index in [2.05, 4.69) is 10.3 Å². The van der Waals surface area contributed by atoms with Crippen molar-refractivity contribution in [2.24, 2.45) is 0 Å². The summed E-state index contributed by atoms with van der Waals surface area (Å²) in [4.78, 5) is 25.9. The highest BCUT2D eigenvalue weighted by atomic mass is 16.5. The monoisotopic (exact) mass is 238 g/mol. The van der Waals surface area contributed by atoms with Crippen LogP contribution in [0.1, 0.15) is 23.7 Å². The van der Waals surface area contributed by atoms with E-state index >= 15 is 0 Å². The van der Waals surface area contributed by atoms with Crippen LogP contribution < -0.4 is 5.32 Å². The largest absolute Gasteiger partial charge is 0.481 e. The number of aromatic nitrogens is 1. The number of hydrogen-bond donors (Lipinski definition) is 2. The molecule has 0 aliphatic rings. The fourth-order valence-electron chi connectivity index (χ4n) is 1.21. The number of nitrogens with one attached hydrogen (secondary N) is 1. The Morgan fingerprint density at radius 2 is 2.29 bits per heavy atom. The summed E-state index contributed by atoms with van der Waals surface area (Å²) in [5, 5.41) is 11.3. The van der Waals surface area contributed by atoms with Crippen LogP contribution in [0.4, 0.5) is 5.82 Å². The van der Waals surface area contributed by atoms with Crippen LogP contribution >= 0.6 is 0 Å². The van der Waals surface area contributed by atoms with Gasteiger partial charge in [0, 0.05) is 12.7 Å². The van der Waals surface area contributed by atoms with Gasteiger partial charge >= 0.3 is 11.9 Å². The minimum atomic E-state index is -0.911. The molecular weight excluding hydrogens is 224 g/mol. The average molecular weight is 238 g/mol. The lowest BCUT2D eigenvalue weighted by molar-refractivity contribution is -0.136. The third kappa shape index (κ3) is 4.10. The molecule has 6 nitrogen and oxygen atoms in total. The maximum Gasteiger partial charge on any atom is 0.341 e. The molecule has 0 unspecified atom stereocenters. The molecule has 0 radical (unpaired) electrons. The van der Waals surface area contributed by atoms with Gasteiger partial charge in [0.25, 0.3) is 0 Å². The molecule has 0 bridgehead atoms. The molecule has 0 atom stereocenters. The molecule has 1 rings (SSSR count). The van der Waals surface area contributed by atoms with Gasteiger partial charge in [-0.15, -0.1) is 0 Å². The smallest absolute Gasteiger partial charge is 0.341 e. The average Bonchev–Trinajstić information content (AvgIpc) is 2.29. The van der Waals surface area contributed by atoms with E-state index in [9.17, 15) is 9.59 Å². The van der Waals surface area contributed by atoms with Crippen LogP contribution in [0.5, 0.6) is 0 Å². The number of carboxylic acids is 1. The van der Waals surface area contributed by atoms with E-state index in [1.165, 1.54) is 6.20 Å². The summed E-state index contributed by atoms with van der Waals surface area (Å²) >= 11 is 0. The fourth-order valence-corrected chi connectivity index (χ4v) is 1.21. The van der Waals surface area contributed by atoms with Crippen LogP contribution in [0.25, 0.3) is 0 Å². The van der Waals surface area contributed by atoms with Crippen molar-refractivity contribution in [1.82, 2.24) is 4.98 Å². The van der Waals surface area contributed by atoms with Crippen molar-refractivity contribution in [1.29, 1.82) is 0 Å². The molecule has 1 aromatic heterocycles. The van der Waals surface area contributed by atoms with Crippen molar-refractivity contribution in [2.75, 3.05) is 18.5 Å². The summed E-state index contributed by atoms with van der Waals surface area (Å²) in [7, 11) is 0. The molecule has 0 fully saturated rings. The highest BCUT2D eigenvalue weighted by molar-refractivity contribution is 5.94. The van der Waals surface area contributed by atoms with E-state index in [0.29, 0.717) is 11.4 Å². The standard InChI is InChI=1S/C11H14N2O4/c1-2-17-11(16)8-4-3-6-12-10(8)13-7-5-9(14)15/h3-4,6H,2,5,7H2,1H3,(H,12,13)(H,14,15). The number of nitrogens with zero attached hydrogens (tertiary/aromatic N) is 1. The summed E-state index contributed by atoms with van der Waals surface area (Å²) in [5.74, 6) is -1.04. The first-order valence-corrected chi connectivity index (χ1v) is 5.23. The van der Waals surface area contributed by atoms with E-state index in [1.54, 1.807) is 19.1 Å². The molecule has 0 saturated heterocycles. The van der Waals surface area contributed by atoms with E-state index in [4.69, 9.17) is 9.84 Å². The van der Waals surface area contributed by atoms with Crippen LogP contribution in [-0.2, 0) is 9.53 Å². The Morgan fingerprint density at radius 1 is 1.53 bits per heavy atom. The van der Waals surface area contributed by atoms with Gasteiger partial charge in [0.2, 0.25) is 0 Å². The second kappa shape index (κ2) is 6.47. The van der Waals surface area contributed by atoms with Gasteiger partial charge in [-0.05, 0) is 19.1 Å². The molecule has 17 heavy (non-hydrogen) atoms. The summed E-state index contributed by atoms with van der Waals surface area (Å²) in [6, 6.07) is 3.20. The highest BCUT2D eigenvalue weighted by Gasteiger charge is 2.12. The van der Waals surface area contributed by atoms with Gasteiger partial charge in [-0.2, -0.15) is 0 Å². The number of aliphatic carboxylic acids is 1. The Hall–Kier alpha value is -2.11. The Morgan fingerprint density at radius 3 is 2.94 bits per heavy atom. The van der Waals surface area contributed by atoms with Crippen molar-refractivity contribution in [3.8, 4) is 0 Å². The number of hydrogen-bond acceptors (Lipinski definition) is 5. The molecule has 1 aromatic rings. The first kappa shape index (κ1) is 13.0. The third-order valence-electron chi connectivity index (χ3n) is 1.93. The molecular formula is C11H14N2O4. The number of esters is 1. The van der Waals surface area contributed by atoms with Gasteiger partial charge in [0.05, 0.1) is 13.0 Å². The number of pyridine rings is 1. The molecule has 92 valence electrons. The van der Waals surface area contributed by atoms with E-state index in [-0.39, 0.29) is 19.6 Å². The predicted molar refractivity (Wildman–Crippen MR) is 60.9 cm³/mol. The lowest BCUT2D eigenvalue weighted by atomic mass is 10.2. The number of ether oxygens (including phenoxy) is 1. The number of anilines is 1. The Labute approximate surface area is 98.6 Å². The van der Waals surface area contributed by atoms with Crippen molar-refractivity contribution >= 4 is 17.8 Å². The Kier molecular flexibility index (Phi) is 4.93. The lowest BCUT2D eigenvalue weighted by Gasteiger charge is -2.08. The van der Waals surface area contributed by atoms with Gasteiger partial charge in [0.1, 0.15) is 11.4 Å². The Bertz CT molecular complexity index is 406. The second-order valence-electron chi connectivity index (χ2n) is 3.19. The zero-order valence-corrected chi connectivity index (χ0v) is 9.47. The summed E-state index contributed by atoms with van der Waals surface area (Å²) in [6.45, 7) is 2.20. The highest BCUT2D eigenvalue weighted by Crippen LogP contribution is 2.12. The third-order valence-corrected chi connectivity index (χ3v) is 1.93. The molecule has 2 N–H and O–H groups in total. The zero-order valence-electron chi connectivity index (χ0n) is 9.47. The minimum Gasteiger partial charge on any atom is -0.481 e. The quantitative estimate of drug-likeness (QED) is 0.722. The number of carbonyl (C=O) groups excluding carboxylic acids is 1. The van der Waals surface area contributed by atoms with Gasteiger partial charge in [0.15, 0.2) is 0 Å². The number of rotatable bonds is 6. The predicted octanol–water partition coefficient (Wildman–Crippen LogP) is 1.14. The molecule has 6 heteroatoms. The van der Waals surface area contributed by atoms with Crippen LogP contribution in [-0.4, -0.2) is 35.2 Å². The maximum absolute atomic E-state index is 11.5. The second-order valence-corrected chi connectivity index (χ2v) is 3.19. The SMILES string of the molecule is CCOC(=O)c1cccnc1NCCC(=O)O. The summed E-state index contributed by atoms with van der Waals surface area (Å²) < 4.78 is 4.86. The van der Waals surface area contributed by atoms with Crippen LogP contribution in [0.2, 0.25) is 0 Å². The first-order chi connectivity index (χ1) is 8.15. The van der Waals surface area contributed by atoms with Gasteiger partial charge in [-0.1, -0.05) is 0 Å². The van der Waals surface area contributed by atoms with Gasteiger partial charge in [-0.25, -0.2) is 9.78 Å². The van der Waals surface area contributed by atoms with E-state index in [1.807, 2.05) is 0 Å². The molecule has 1 heterocycles.